The average molecular weight is 308 g/mol. The first-order chi connectivity index (χ1) is 6.24. The van der Waals surface area contributed by atoms with Crippen molar-refractivity contribution in [2.24, 2.45) is 0 Å². The van der Waals surface area contributed by atoms with E-state index in [1.807, 2.05) is 6.07 Å². The normalized spacial score (nSPS) is 28.8. The maximum absolute atomic E-state index is 6.11. The Labute approximate surface area is 94.7 Å². The van der Waals surface area contributed by atoms with Gasteiger partial charge in [-0.3, -0.25) is 0 Å². The van der Waals surface area contributed by atoms with Crippen molar-refractivity contribution in [3.8, 4) is 0 Å². The second kappa shape index (κ2) is 2.74. The van der Waals surface area contributed by atoms with Gasteiger partial charge in [-0.25, -0.2) is 0 Å². The Balaban J connectivity index is 2.12. The number of hydrogen-bond donors (Lipinski definition) is 1. The molecule has 2 unspecified atom stereocenters. The van der Waals surface area contributed by atoms with Crippen LogP contribution in [-0.2, 0) is 11.2 Å². The molecular weight excluding hydrogens is 300 g/mol. The van der Waals surface area contributed by atoms with Gasteiger partial charge in [-0.1, -0.05) is 11.6 Å². The molecule has 2 aliphatic heterocycles. The maximum atomic E-state index is 6.11. The van der Waals surface area contributed by atoms with Crippen molar-refractivity contribution < 1.29 is 4.74 Å². The Morgan fingerprint density at radius 2 is 2.38 bits per heavy atom. The van der Waals surface area contributed by atoms with Crippen molar-refractivity contribution in [1.29, 1.82) is 0 Å². The number of rotatable bonds is 0. The summed E-state index contributed by atoms with van der Waals surface area (Å²) >= 11 is 8.39. The molecule has 68 valence electrons. The zero-order valence-electron chi connectivity index (χ0n) is 6.68. The maximum Gasteiger partial charge on any atom is 0.155 e. The van der Waals surface area contributed by atoms with Gasteiger partial charge in [0.05, 0.1) is 10.7 Å². The first-order valence-electron chi connectivity index (χ1n) is 4.14. The lowest BCUT2D eigenvalue weighted by molar-refractivity contribution is 0.385. The van der Waals surface area contributed by atoms with Gasteiger partial charge in [0.15, 0.2) is 6.23 Å². The Bertz CT molecular complexity index is 382. The average Bonchev–Trinajstić information content (AvgIpc) is 2.78. The summed E-state index contributed by atoms with van der Waals surface area (Å²) in [5.74, 6) is 0. The fourth-order valence-electron chi connectivity index (χ4n) is 1.73. The number of nitrogens with one attached hydrogen (secondary N) is 1. The first-order valence-corrected chi connectivity index (χ1v) is 5.59. The quantitative estimate of drug-likeness (QED) is 0.589. The van der Waals surface area contributed by atoms with E-state index in [0.717, 1.165) is 17.1 Å². The summed E-state index contributed by atoms with van der Waals surface area (Å²) in [6.45, 7) is 0. The lowest BCUT2D eigenvalue weighted by atomic mass is 10.0. The highest BCUT2D eigenvalue weighted by atomic mass is 127. The van der Waals surface area contributed by atoms with Crippen molar-refractivity contribution in [1.82, 2.24) is 0 Å². The van der Waals surface area contributed by atoms with E-state index in [2.05, 4.69) is 34.0 Å². The van der Waals surface area contributed by atoms with E-state index in [-0.39, 0.29) is 6.23 Å². The summed E-state index contributed by atoms with van der Waals surface area (Å²) in [5, 5.41) is 4.07. The molecule has 0 aliphatic carbocycles. The van der Waals surface area contributed by atoms with Gasteiger partial charge in [-0.2, -0.15) is 0 Å². The minimum Gasteiger partial charge on any atom is -0.357 e. The van der Waals surface area contributed by atoms with Crippen LogP contribution in [0.5, 0.6) is 0 Å². The zero-order chi connectivity index (χ0) is 9.00. The Hall–Kier alpha value is -0.000000000000000132. The van der Waals surface area contributed by atoms with Crippen LogP contribution >= 0.6 is 34.2 Å². The Morgan fingerprint density at radius 1 is 1.54 bits per heavy atom. The zero-order valence-corrected chi connectivity index (χ0v) is 9.59. The van der Waals surface area contributed by atoms with E-state index >= 15 is 0 Å². The van der Waals surface area contributed by atoms with Crippen molar-refractivity contribution in [2.75, 3.05) is 5.32 Å². The molecule has 13 heavy (non-hydrogen) atoms. The summed E-state index contributed by atoms with van der Waals surface area (Å²) in [6, 6.07) is 4.13. The summed E-state index contributed by atoms with van der Waals surface area (Å²) in [4.78, 5) is 0. The monoisotopic (exact) mass is 307 g/mol. The van der Waals surface area contributed by atoms with Crippen LogP contribution < -0.4 is 5.32 Å². The van der Waals surface area contributed by atoms with Gasteiger partial charge in [0.25, 0.3) is 0 Å². The van der Waals surface area contributed by atoms with Crippen LogP contribution in [0.2, 0.25) is 5.02 Å². The fourth-order valence-corrected chi connectivity index (χ4v) is 2.90. The van der Waals surface area contributed by atoms with Crippen molar-refractivity contribution >= 4 is 39.9 Å². The minimum absolute atomic E-state index is 0.213. The van der Waals surface area contributed by atoms with Crippen LogP contribution in [-0.4, -0.2) is 12.3 Å². The van der Waals surface area contributed by atoms with Crippen LogP contribution in [0.4, 0.5) is 5.69 Å². The van der Waals surface area contributed by atoms with E-state index < -0.39 is 0 Å². The molecule has 1 aromatic rings. The summed E-state index contributed by atoms with van der Waals surface area (Å²) in [7, 11) is 0. The van der Waals surface area contributed by atoms with E-state index in [1.54, 1.807) is 0 Å². The minimum atomic E-state index is 0.213. The van der Waals surface area contributed by atoms with Gasteiger partial charge >= 0.3 is 0 Å². The molecule has 1 saturated heterocycles. The molecule has 1 fully saturated rings. The first kappa shape index (κ1) is 8.32. The van der Waals surface area contributed by atoms with Gasteiger partial charge in [-0.05, 0) is 40.3 Å². The van der Waals surface area contributed by atoms with Crippen molar-refractivity contribution in [3.05, 3.63) is 26.3 Å². The third-order valence-electron chi connectivity index (χ3n) is 2.43. The molecule has 1 N–H and O–H groups in total. The molecule has 2 atom stereocenters. The van der Waals surface area contributed by atoms with Crippen LogP contribution in [0.3, 0.4) is 0 Å². The predicted octanol–water partition coefficient (Wildman–Crippen LogP) is 2.64. The third kappa shape index (κ3) is 1.33. The number of anilines is 1. The van der Waals surface area contributed by atoms with Crippen LogP contribution in [0, 0.1) is 3.57 Å². The molecule has 1 aromatic carbocycles. The van der Waals surface area contributed by atoms with Gasteiger partial charge in [0.2, 0.25) is 0 Å². The molecular formula is C9H7ClINO. The number of halogens is 2. The second-order valence-electron chi connectivity index (χ2n) is 3.37. The molecule has 2 aliphatic rings. The molecule has 0 amide bonds. The van der Waals surface area contributed by atoms with Crippen LogP contribution in [0.15, 0.2) is 12.1 Å². The van der Waals surface area contributed by atoms with Gasteiger partial charge in [-0.15, -0.1) is 0 Å². The molecule has 0 spiro atoms. The lowest BCUT2D eigenvalue weighted by Crippen LogP contribution is -2.17. The fraction of sp³-hybridized carbons (Fsp3) is 0.333. The number of epoxide rings is 1. The summed E-state index contributed by atoms with van der Waals surface area (Å²) in [6.07, 6.45) is 1.58. The second-order valence-corrected chi connectivity index (χ2v) is 5.02. The molecule has 2 heterocycles. The van der Waals surface area contributed by atoms with E-state index in [0.29, 0.717) is 6.10 Å². The Morgan fingerprint density at radius 3 is 3.23 bits per heavy atom. The molecule has 0 saturated carbocycles. The smallest absolute Gasteiger partial charge is 0.155 e. The molecule has 0 bridgehead atoms. The van der Waals surface area contributed by atoms with Crippen molar-refractivity contribution in [2.45, 2.75) is 18.8 Å². The highest BCUT2D eigenvalue weighted by molar-refractivity contribution is 14.1. The molecule has 3 rings (SSSR count). The van der Waals surface area contributed by atoms with Crippen LogP contribution in [0.1, 0.15) is 5.56 Å². The molecule has 0 radical (unpaired) electrons. The SMILES string of the molecule is Clc1cc(I)cc2c1NC1OC1C2. The largest absolute Gasteiger partial charge is 0.357 e. The molecule has 0 aromatic heterocycles. The number of hydrogen-bond acceptors (Lipinski definition) is 2. The van der Waals surface area contributed by atoms with Gasteiger partial charge < -0.3 is 10.1 Å². The molecule has 2 nitrogen and oxygen atoms in total. The van der Waals surface area contributed by atoms with E-state index in [4.69, 9.17) is 16.3 Å². The van der Waals surface area contributed by atoms with Crippen LogP contribution in [0.25, 0.3) is 0 Å². The standard InChI is InChI=1S/C9H7ClINO/c10-6-3-5(11)1-4-2-7-9(13-7)12-8(4)6/h1,3,7,9,12H,2H2. The topological polar surface area (TPSA) is 24.6 Å². The summed E-state index contributed by atoms with van der Waals surface area (Å²) in [5.41, 5.74) is 2.33. The Kier molecular flexibility index (Phi) is 1.76. The van der Waals surface area contributed by atoms with E-state index in [9.17, 15) is 0 Å². The summed E-state index contributed by atoms with van der Waals surface area (Å²) < 4.78 is 6.57. The van der Waals surface area contributed by atoms with Gasteiger partial charge in [0.1, 0.15) is 6.10 Å². The number of ether oxygens (including phenoxy) is 1. The highest BCUT2D eigenvalue weighted by Crippen LogP contribution is 2.40. The predicted molar refractivity (Wildman–Crippen MR) is 60.2 cm³/mol. The molecule has 4 heteroatoms. The lowest BCUT2D eigenvalue weighted by Gasteiger charge is -2.16. The van der Waals surface area contributed by atoms with E-state index in [1.165, 1.54) is 9.13 Å². The highest BCUT2D eigenvalue weighted by Gasteiger charge is 2.43. The van der Waals surface area contributed by atoms with Crippen molar-refractivity contribution in [3.63, 3.8) is 0 Å². The van der Waals surface area contributed by atoms with Gasteiger partial charge in [0, 0.05) is 9.99 Å². The third-order valence-corrected chi connectivity index (χ3v) is 3.35. The number of fused-ring (bicyclic) bond motifs is 2. The number of benzene rings is 1.